The lowest BCUT2D eigenvalue weighted by Crippen LogP contribution is -2.02. The van der Waals surface area contributed by atoms with Gasteiger partial charge in [0, 0.05) is 21.2 Å². The summed E-state index contributed by atoms with van der Waals surface area (Å²) < 4.78 is 1.17. The third-order valence-electron chi connectivity index (χ3n) is 2.33. The predicted molar refractivity (Wildman–Crippen MR) is 83.6 cm³/mol. The standard InChI is InChI=1S/C13H13ClIN3/c1-8(2)13-17-11(14)7-12(18-13)16-10-5-3-4-9(15)6-10/h3-8H,1-2H3,(H,16,17,18). The number of benzene rings is 1. The Hall–Kier alpha value is -0.880. The second-order valence-corrected chi connectivity index (χ2v) is 5.86. The van der Waals surface area contributed by atoms with Gasteiger partial charge < -0.3 is 5.32 Å². The van der Waals surface area contributed by atoms with Gasteiger partial charge in [0.15, 0.2) is 0 Å². The highest BCUT2D eigenvalue weighted by Gasteiger charge is 2.07. The third-order valence-corrected chi connectivity index (χ3v) is 3.19. The summed E-state index contributed by atoms with van der Waals surface area (Å²) in [7, 11) is 0. The van der Waals surface area contributed by atoms with Crippen molar-refractivity contribution in [3.63, 3.8) is 0 Å². The summed E-state index contributed by atoms with van der Waals surface area (Å²) in [6, 6.07) is 9.81. The normalized spacial score (nSPS) is 10.7. The zero-order valence-electron chi connectivity index (χ0n) is 10.1. The van der Waals surface area contributed by atoms with E-state index >= 15 is 0 Å². The zero-order chi connectivity index (χ0) is 13.1. The first kappa shape index (κ1) is 13.5. The van der Waals surface area contributed by atoms with Gasteiger partial charge in [-0.25, -0.2) is 9.97 Å². The summed E-state index contributed by atoms with van der Waals surface area (Å²) in [6.07, 6.45) is 0. The Morgan fingerprint density at radius 1 is 1.22 bits per heavy atom. The molecule has 0 spiro atoms. The van der Waals surface area contributed by atoms with Crippen molar-refractivity contribution in [2.75, 3.05) is 5.32 Å². The summed E-state index contributed by atoms with van der Waals surface area (Å²) in [4.78, 5) is 8.65. The van der Waals surface area contributed by atoms with Crippen molar-refractivity contribution in [3.8, 4) is 0 Å². The molecule has 0 saturated heterocycles. The minimum absolute atomic E-state index is 0.250. The molecule has 2 aromatic rings. The van der Waals surface area contributed by atoms with Crippen LogP contribution in [0.3, 0.4) is 0 Å². The fourth-order valence-corrected chi connectivity index (χ4v) is 2.20. The predicted octanol–water partition coefficient (Wildman–Crippen LogP) is 4.60. The molecule has 0 fully saturated rings. The lowest BCUT2D eigenvalue weighted by atomic mass is 10.2. The quantitative estimate of drug-likeness (QED) is 0.631. The highest BCUT2D eigenvalue weighted by atomic mass is 127. The van der Waals surface area contributed by atoms with Gasteiger partial charge in [0.05, 0.1) is 0 Å². The first-order chi connectivity index (χ1) is 8.54. The number of hydrogen-bond acceptors (Lipinski definition) is 3. The molecule has 5 heteroatoms. The van der Waals surface area contributed by atoms with Crippen LogP contribution in [0.25, 0.3) is 0 Å². The van der Waals surface area contributed by atoms with Crippen LogP contribution < -0.4 is 5.32 Å². The molecule has 0 unspecified atom stereocenters. The number of nitrogens with zero attached hydrogens (tertiary/aromatic N) is 2. The molecule has 3 nitrogen and oxygen atoms in total. The van der Waals surface area contributed by atoms with Crippen molar-refractivity contribution in [2.45, 2.75) is 19.8 Å². The lowest BCUT2D eigenvalue weighted by Gasteiger charge is -2.09. The molecular weight excluding hydrogens is 361 g/mol. The van der Waals surface area contributed by atoms with Crippen LogP contribution in [0.2, 0.25) is 5.15 Å². The number of nitrogens with one attached hydrogen (secondary N) is 1. The SMILES string of the molecule is CC(C)c1nc(Cl)cc(Nc2cccc(I)c2)n1. The van der Waals surface area contributed by atoms with E-state index in [0.717, 1.165) is 17.3 Å². The van der Waals surface area contributed by atoms with Crippen molar-refractivity contribution >= 4 is 45.7 Å². The second kappa shape index (κ2) is 5.84. The Morgan fingerprint density at radius 3 is 2.67 bits per heavy atom. The van der Waals surface area contributed by atoms with Gasteiger partial charge in [-0.15, -0.1) is 0 Å². The van der Waals surface area contributed by atoms with Crippen LogP contribution in [0.5, 0.6) is 0 Å². The van der Waals surface area contributed by atoms with E-state index in [1.807, 2.05) is 38.1 Å². The molecule has 0 amide bonds. The van der Waals surface area contributed by atoms with E-state index in [-0.39, 0.29) is 5.92 Å². The van der Waals surface area contributed by atoms with Crippen molar-refractivity contribution in [1.82, 2.24) is 9.97 Å². The Bertz CT molecular complexity index is 558. The zero-order valence-corrected chi connectivity index (χ0v) is 13.0. The van der Waals surface area contributed by atoms with Gasteiger partial charge in [0.1, 0.15) is 16.8 Å². The van der Waals surface area contributed by atoms with E-state index in [1.54, 1.807) is 6.07 Å². The maximum Gasteiger partial charge on any atom is 0.135 e. The summed E-state index contributed by atoms with van der Waals surface area (Å²) in [5, 5.41) is 3.70. The lowest BCUT2D eigenvalue weighted by molar-refractivity contribution is 0.776. The first-order valence-corrected chi connectivity index (χ1v) is 7.07. The molecule has 0 aliphatic carbocycles. The molecule has 0 aliphatic rings. The molecule has 1 heterocycles. The maximum atomic E-state index is 6.00. The topological polar surface area (TPSA) is 37.8 Å². The largest absolute Gasteiger partial charge is 0.340 e. The molecule has 0 atom stereocenters. The Balaban J connectivity index is 2.29. The molecule has 0 saturated carbocycles. The third kappa shape index (κ3) is 3.55. The molecule has 18 heavy (non-hydrogen) atoms. The van der Waals surface area contributed by atoms with Crippen molar-refractivity contribution in [2.24, 2.45) is 0 Å². The summed E-state index contributed by atoms with van der Waals surface area (Å²) in [6.45, 7) is 4.09. The smallest absolute Gasteiger partial charge is 0.135 e. The molecule has 1 N–H and O–H groups in total. The molecule has 0 bridgehead atoms. The van der Waals surface area contributed by atoms with Crippen molar-refractivity contribution < 1.29 is 0 Å². The minimum Gasteiger partial charge on any atom is -0.340 e. The van der Waals surface area contributed by atoms with Gasteiger partial charge in [-0.1, -0.05) is 31.5 Å². The molecular formula is C13H13ClIN3. The van der Waals surface area contributed by atoms with E-state index in [1.165, 1.54) is 3.57 Å². The first-order valence-electron chi connectivity index (χ1n) is 5.61. The van der Waals surface area contributed by atoms with Gasteiger partial charge in [-0.2, -0.15) is 0 Å². The second-order valence-electron chi connectivity index (χ2n) is 4.22. The van der Waals surface area contributed by atoms with Crippen molar-refractivity contribution in [1.29, 1.82) is 0 Å². The van der Waals surface area contributed by atoms with Crippen LogP contribution in [-0.4, -0.2) is 9.97 Å². The Morgan fingerprint density at radius 2 is 2.00 bits per heavy atom. The Labute approximate surface area is 125 Å². The molecule has 0 aliphatic heterocycles. The van der Waals surface area contributed by atoms with Gasteiger partial charge in [0.25, 0.3) is 0 Å². The number of aromatic nitrogens is 2. The van der Waals surface area contributed by atoms with E-state index in [2.05, 4.69) is 37.9 Å². The monoisotopic (exact) mass is 373 g/mol. The molecule has 1 aromatic heterocycles. The van der Waals surface area contributed by atoms with Crippen LogP contribution in [0.1, 0.15) is 25.6 Å². The summed E-state index contributed by atoms with van der Waals surface area (Å²) in [5.41, 5.74) is 0.992. The van der Waals surface area contributed by atoms with Crippen LogP contribution >= 0.6 is 34.2 Å². The number of hydrogen-bond donors (Lipinski definition) is 1. The van der Waals surface area contributed by atoms with Crippen LogP contribution in [0, 0.1) is 3.57 Å². The summed E-state index contributed by atoms with van der Waals surface area (Å²) >= 11 is 8.27. The van der Waals surface area contributed by atoms with E-state index in [9.17, 15) is 0 Å². The average Bonchev–Trinajstić information content (AvgIpc) is 2.28. The summed E-state index contributed by atoms with van der Waals surface area (Å²) in [5.74, 6) is 1.72. The highest BCUT2D eigenvalue weighted by Crippen LogP contribution is 2.21. The fourth-order valence-electron chi connectivity index (χ4n) is 1.47. The average molecular weight is 374 g/mol. The molecule has 2 rings (SSSR count). The van der Waals surface area contributed by atoms with Crippen LogP contribution in [-0.2, 0) is 0 Å². The van der Waals surface area contributed by atoms with E-state index in [0.29, 0.717) is 5.15 Å². The fraction of sp³-hybridized carbons (Fsp3) is 0.231. The number of anilines is 2. The number of halogens is 2. The van der Waals surface area contributed by atoms with Gasteiger partial charge >= 0.3 is 0 Å². The highest BCUT2D eigenvalue weighted by molar-refractivity contribution is 14.1. The Kier molecular flexibility index (Phi) is 4.40. The molecule has 1 aromatic carbocycles. The molecule has 0 radical (unpaired) electrons. The van der Waals surface area contributed by atoms with Crippen molar-refractivity contribution in [3.05, 3.63) is 44.9 Å². The van der Waals surface area contributed by atoms with Gasteiger partial charge in [0.2, 0.25) is 0 Å². The van der Waals surface area contributed by atoms with Gasteiger partial charge in [-0.05, 0) is 40.8 Å². The number of rotatable bonds is 3. The minimum atomic E-state index is 0.250. The van der Waals surface area contributed by atoms with Crippen LogP contribution in [0.15, 0.2) is 30.3 Å². The molecule has 94 valence electrons. The van der Waals surface area contributed by atoms with E-state index in [4.69, 9.17) is 11.6 Å². The van der Waals surface area contributed by atoms with Crippen LogP contribution in [0.4, 0.5) is 11.5 Å². The van der Waals surface area contributed by atoms with Gasteiger partial charge in [-0.3, -0.25) is 0 Å². The maximum absolute atomic E-state index is 6.00. The van der Waals surface area contributed by atoms with E-state index < -0.39 is 0 Å².